The molecule has 2 rings (SSSR count). The fourth-order valence-electron chi connectivity index (χ4n) is 1.56. The summed E-state index contributed by atoms with van der Waals surface area (Å²) < 4.78 is 0. The molecule has 0 aliphatic rings. The van der Waals surface area contributed by atoms with Crippen LogP contribution in [0.3, 0.4) is 0 Å². The van der Waals surface area contributed by atoms with E-state index in [1.54, 1.807) is 18.5 Å². The number of rotatable bonds is 5. The van der Waals surface area contributed by atoms with E-state index in [1.165, 1.54) is 17.8 Å². The highest BCUT2D eigenvalue weighted by Crippen LogP contribution is 2.08. The van der Waals surface area contributed by atoms with Gasteiger partial charge in [-0.25, -0.2) is 9.78 Å². The standard InChI is InChI=1S/C13H13N3O2/c17-13(18)12-9-11(4-8-16-12)15-7-3-10-1-5-14-6-2-10/h1-2,4-6,8-9H,3,7H2,(H,15,16)(H,17,18). The van der Waals surface area contributed by atoms with Crippen LogP contribution in [0, 0.1) is 0 Å². The summed E-state index contributed by atoms with van der Waals surface area (Å²) >= 11 is 0. The van der Waals surface area contributed by atoms with E-state index in [4.69, 9.17) is 5.11 Å². The molecule has 5 heteroatoms. The van der Waals surface area contributed by atoms with E-state index in [9.17, 15) is 4.79 Å². The van der Waals surface area contributed by atoms with Crippen LogP contribution in [-0.2, 0) is 6.42 Å². The van der Waals surface area contributed by atoms with Gasteiger partial charge in [0.2, 0.25) is 0 Å². The van der Waals surface area contributed by atoms with E-state index in [0.29, 0.717) is 0 Å². The van der Waals surface area contributed by atoms with Gasteiger partial charge in [0.15, 0.2) is 0 Å². The van der Waals surface area contributed by atoms with Crippen LogP contribution in [0.1, 0.15) is 16.1 Å². The number of aromatic carboxylic acids is 1. The summed E-state index contributed by atoms with van der Waals surface area (Å²) in [6.07, 6.45) is 5.85. The molecule has 0 aromatic carbocycles. The molecule has 0 aliphatic heterocycles. The topological polar surface area (TPSA) is 75.1 Å². The lowest BCUT2D eigenvalue weighted by Gasteiger charge is -2.06. The number of anilines is 1. The van der Waals surface area contributed by atoms with E-state index in [1.807, 2.05) is 12.1 Å². The van der Waals surface area contributed by atoms with Crippen molar-refractivity contribution in [2.75, 3.05) is 11.9 Å². The zero-order chi connectivity index (χ0) is 12.8. The Hall–Kier alpha value is -2.43. The van der Waals surface area contributed by atoms with Gasteiger partial charge in [-0.15, -0.1) is 0 Å². The van der Waals surface area contributed by atoms with Crippen LogP contribution in [0.15, 0.2) is 42.9 Å². The van der Waals surface area contributed by atoms with E-state index in [0.717, 1.165) is 18.7 Å². The third kappa shape index (κ3) is 3.28. The number of nitrogens with one attached hydrogen (secondary N) is 1. The Kier molecular flexibility index (Phi) is 3.86. The monoisotopic (exact) mass is 243 g/mol. The minimum absolute atomic E-state index is 0.0453. The zero-order valence-corrected chi connectivity index (χ0v) is 9.71. The number of hydrogen-bond acceptors (Lipinski definition) is 4. The maximum atomic E-state index is 10.8. The maximum absolute atomic E-state index is 10.8. The Bertz CT molecular complexity index is 529. The normalized spacial score (nSPS) is 10.0. The lowest BCUT2D eigenvalue weighted by Crippen LogP contribution is -2.07. The fraction of sp³-hybridized carbons (Fsp3) is 0.154. The summed E-state index contributed by atoms with van der Waals surface area (Å²) in [6.45, 7) is 0.729. The molecule has 0 radical (unpaired) electrons. The van der Waals surface area contributed by atoms with Crippen LogP contribution in [0.4, 0.5) is 5.69 Å². The molecule has 18 heavy (non-hydrogen) atoms. The number of aromatic nitrogens is 2. The highest BCUT2D eigenvalue weighted by Gasteiger charge is 2.04. The second-order valence-electron chi connectivity index (χ2n) is 3.77. The van der Waals surface area contributed by atoms with E-state index < -0.39 is 5.97 Å². The Labute approximate surface area is 105 Å². The van der Waals surface area contributed by atoms with Crippen molar-refractivity contribution in [3.05, 3.63) is 54.1 Å². The summed E-state index contributed by atoms with van der Waals surface area (Å²) in [6, 6.07) is 7.18. The predicted molar refractivity (Wildman–Crippen MR) is 67.6 cm³/mol. The quantitative estimate of drug-likeness (QED) is 0.838. The highest BCUT2D eigenvalue weighted by atomic mass is 16.4. The number of pyridine rings is 2. The second-order valence-corrected chi connectivity index (χ2v) is 3.77. The maximum Gasteiger partial charge on any atom is 0.354 e. The smallest absolute Gasteiger partial charge is 0.354 e. The Morgan fingerprint density at radius 1 is 1.22 bits per heavy atom. The van der Waals surface area contributed by atoms with E-state index in [-0.39, 0.29) is 5.69 Å². The molecule has 0 bridgehead atoms. The van der Waals surface area contributed by atoms with Crippen LogP contribution < -0.4 is 5.32 Å². The van der Waals surface area contributed by atoms with Crippen molar-refractivity contribution >= 4 is 11.7 Å². The molecule has 5 nitrogen and oxygen atoms in total. The number of carboxylic acid groups (broad SMARTS) is 1. The van der Waals surface area contributed by atoms with Gasteiger partial charge < -0.3 is 10.4 Å². The summed E-state index contributed by atoms with van der Waals surface area (Å²) in [5.74, 6) is -1.02. The second kappa shape index (κ2) is 5.77. The zero-order valence-electron chi connectivity index (χ0n) is 9.71. The largest absolute Gasteiger partial charge is 0.477 e. The summed E-state index contributed by atoms with van der Waals surface area (Å²) in [5, 5.41) is 12.0. The SMILES string of the molecule is O=C(O)c1cc(NCCc2ccncc2)ccn1. The van der Waals surface area contributed by atoms with Crippen LogP contribution in [0.5, 0.6) is 0 Å². The lowest BCUT2D eigenvalue weighted by molar-refractivity contribution is 0.0690. The molecule has 2 aromatic heterocycles. The minimum Gasteiger partial charge on any atom is -0.477 e. The first-order valence-electron chi connectivity index (χ1n) is 5.58. The first-order chi connectivity index (χ1) is 8.75. The van der Waals surface area contributed by atoms with Crippen LogP contribution in [-0.4, -0.2) is 27.6 Å². The molecule has 0 saturated carbocycles. The predicted octanol–water partition coefficient (Wildman–Crippen LogP) is 1.83. The molecule has 92 valence electrons. The Morgan fingerprint density at radius 2 is 2.00 bits per heavy atom. The lowest BCUT2D eigenvalue weighted by atomic mass is 10.2. The summed E-state index contributed by atoms with van der Waals surface area (Å²) in [5.41, 5.74) is 1.99. The molecule has 0 amide bonds. The molecular weight excluding hydrogens is 230 g/mol. The average molecular weight is 243 g/mol. The van der Waals surface area contributed by atoms with Gasteiger partial charge in [0.1, 0.15) is 5.69 Å². The van der Waals surface area contributed by atoms with Gasteiger partial charge in [0.25, 0.3) is 0 Å². The number of nitrogens with zero attached hydrogens (tertiary/aromatic N) is 2. The molecule has 2 aromatic rings. The molecule has 0 aliphatic carbocycles. The molecular formula is C13H13N3O2. The van der Waals surface area contributed by atoms with Crippen molar-refractivity contribution in [2.24, 2.45) is 0 Å². The van der Waals surface area contributed by atoms with Crippen LogP contribution in [0.2, 0.25) is 0 Å². The van der Waals surface area contributed by atoms with Crippen LogP contribution in [0.25, 0.3) is 0 Å². The van der Waals surface area contributed by atoms with Crippen molar-refractivity contribution < 1.29 is 9.90 Å². The van der Waals surface area contributed by atoms with Gasteiger partial charge in [0.05, 0.1) is 0 Å². The molecule has 0 saturated heterocycles. The Balaban J connectivity index is 1.90. The van der Waals surface area contributed by atoms with Gasteiger partial charge in [-0.2, -0.15) is 0 Å². The summed E-state index contributed by atoms with van der Waals surface area (Å²) in [7, 11) is 0. The molecule has 0 spiro atoms. The van der Waals surface area contributed by atoms with Crippen molar-refractivity contribution in [1.29, 1.82) is 0 Å². The third-order valence-corrected chi connectivity index (χ3v) is 2.47. The third-order valence-electron chi connectivity index (χ3n) is 2.47. The van der Waals surface area contributed by atoms with Gasteiger partial charge in [0, 0.05) is 30.8 Å². The molecule has 0 fully saturated rings. The van der Waals surface area contributed by atoms with Gasteiger partial charge in [-0.05, 0) is 36.2 Å². The van der Waals surface area contributed by atoms with E-state index >= 15 is 0 Å². The minimum atomic E-state index is -1.02. The van der Waals surface area contributed by atoms with Gasteiger partial charge in [-0.3, -0.25) is 4.98 Å². The van der Waals surface area contributed by atoms with Crippen LogP contribution >= 0.6 is 0 Å². The number of hydrogen-bond donors (Lipinski definition) is 2. The van der Waals surface area contributed by atoms with Crippen molar-refractivity contribution in [3.63, 3.8) is 0 Å². The highest BCUT2D eigenvalue weighted by molar-refractivity contribution is 5.86. The number of carbonyl (C=O) groups is 1. The number of carboxylic acids is 1. The van der Waals surface area contributed by atoms with Crippen molar-refractivity contribution in [3.8, 4) is 0 Å². The Morgan fingerprint density at radius 3 is 2.72 bits per heavy atom. The molecule has 0 atom stereocenters. The fourth-order valence-corrected chi connectivity index (χ4v) is 1.56. The van der Waals surface area contributed by atoms with Gasteiger partial charge in [-0.1, -0.05) is 0 Å². The first kappa shape index (κ1) is 12.0. The molecule has 2 N–H and O–H groups in total. The van der Waals surface area contributed by atoms with Crippen molar-refractivity contribution in [1.82, 2.24) is 9.97 Å². The van der Waals surface area contributed by atoms with E-state index in [2.05, 4.69) is 15.3 Å². The molecule has 2 heterocycles. The first-order valence-corrected chi connectivity index (χ1v) is 5.58. The van der Waals surface area contributed by atoms with Gasteiger partial charge >= 0.3 is 5.97 Å². The van der Waals surface area contributed by atoms with Crippen molar-refractivity contribution in [2.45, 2.75) is 6.42 Å². The summed E-state index contributed by atoms with van der Waals surface area (Å²) in [4.78, 5) is 18.5. The molecule has 0 unspecified atom stereocenters. The average Bonchev–Trinajstić information content (AvgIpc) is 2.40.